The second kappa shape index (κ2) is 2.13. The molecule has 0 radical (unpaired) electrons. The number of anilines is 1. The molecule has 0 aliphatic rings. The van der Waals surface area contributed by atoms with Crippen LogP contribution >= 0.6 is 0 Å². The van der Waals surface area contributed by atoms with E-state index in [1.54, 1.807) is 14.0 Å². The molecule has 0 saturated heterocycles. The summed E-state index contributed by atoms with van der Waals surface area (Å²) in [6.45, 7) is 1.75. The van der Waals surface area contributed by atoms with Crippen molar-refractivity contribution >= 4 is 5.69 Å². The first-order valence-electron chi connectivity index (χ1n) is 2.91. The summed E-state index contributed by atoms with van der Waals surface area (Å²) < 4.78 is 1.41. The summed E-state index contributed by atoms with van der Waals surface area (Å²) in [6, 6.07) is 0. The third-order valence-electron chi connectivity index (χ3n) is 1.43. The lowest BCUT2D eigenvalue weighted by Gasteiger charge is -2.00. The van der Waals surface area contributed by atoms with Gasteiger partial charge in [-0.1, -0.05) is 0 Å². The second-order valence-corrected chi connectivity index (χ2v) is 2.12. The molecule has 0 unspecified atom stereocenters. The summed E-state index contributed by atoms with van der Waals surface area (Å²) in [5.74, 6) is 0.666. The summed E-state index contributed by atoms with van der Waals surface area (Å²) in [4.78, 5) is 14.9. The topological polar surface area (TPSA) is 60.9 Å². The number of nitrogens with two attached hydrogens (primary N) is 1. The maximum Gasteiger partial charge on any atom is 0.276 e. The molecule has 4 heteroatoms. The first-order valence-corrected chi connectivity index (χ1v) is 2.91. The van der Waals surface area contributed by atoms with Gasteiger partial charge in [-0.05, 0) is 6.92 Å². The average molecular weight is 139 g/mol. The van der Waals surface area contributed by atoms with E-state index in [2.05, 4.69) is 4.98 Å². The number of hydrogen-bond donors (Lipinski definition) is 1. The van der Waals surface area contributed by atoms with Gasteiger partial charge < -0.3 is 5.73 Å². The third-order valence-corrected chi connectivity index (χ3v) is 1.43. The Morgan fingerprint density at radius 2 is 2.30 bits per heavy atom. The molecule has 0 atom stereocenters. The molecular weight excluding hydrogens is 130 g/mol. The molecule has 1 aromatic rings. The van der Waals surface area contributed by atoms with Crippen LogP contribution in [0.3, 0.4) is 0 Å². The fourth-order valence-corrected chi connectivity index (χ4v) is 0.645. The van der Waals surface area contributed by atoms with Crippen LogP contribution in [0.5, 0.6) is 0 Å². The maximum absolute atomic E-state index is 11.0. The van der Waals surface area contributed by atoms with E-state index in [9.17, 15) is 4.79 Å². The van der Waals surface area contributed by atoms with Gasteiger partial charge in [0.1, 0.15) is 11.5 Å². The monoisotopic (exact) mass is 139 g/mol. The van der Waals surface area contributed by atoms with Crippen molar-refractivity contribution in [3.8, 4) is 0 Å². The lowest BCUT2D eigenvalue weighted by molar-refractivity contribution is 0.779. The van der Waals surface area contributed by atoms with Crippen molar-refractivity contribution < 1.29 is 0 Å². The number of hydrogen-bond acceptors (Lipinski definition) is 3. The Morgan fingerprint density at radius 1 is 1.70 bits per heavy atom. The van der Waals surface area contributed by atoms with Crippen molar-refractivity contribution in [2.75, 3.05) is 5.73 Å². The minimum atomic E-state index is -0.187. The highest BCUT2D eigenvalue weighted by molar-refractivity contribution is 5.30. The molecule has 0 aliphatic carbocycles. The molecule has 1 rings (SSSR count). The van der Waals surface area contributed by atoms with Gasteiger partial charge in [0.25, 0.3) is 5.56 Å². The number of aromatic nitrogens is 2. The highest BCUT2D eigenvalue weighted by Gasteiger charge is 1.97. The Kier molecular flexibility index (Phi) is 1.45. The molecule has 0 aliphatic heterocycles. The van der Waals surface area contributed by atoms with Gasteiger partial charge in [0, 0.05) is 7.05 Å². The first-order chi connectivity index (χ1) is 4.63. The van der Waals surface area contributed by atoms with E-state index in [4.69, 9.17) is 5.73 Å². The average Bonchev–Trinajstić information content (AvgIpc) is 1.93. The first kappa shape index (κ1) is 6.80. The van der Waals surface area contributed by atoms with Gasteiger partial charge in [-0.3, -0.25) is 9.36 Å². The molecule has 10 heavy (non-hydrogen) atoms. The Hall–Kier alpha value is -1.32. The molecule has 4 nitrogen and oxygen atoms in total. The fourth-order valence-electron chi connectivity index (χ4n) is 0.645. The maximum atomic E-state index is 11.0. The van der Waals surface area contributed by atoms with Gasteiger partial charge in [0.05, 0.1) is 6.20 Å². The molecule has 1 heterocycles. The minimum absolute atomic E-state index is 0.187. The minimum Gasteiger partial charge on any atom is -0.393 e. The predicted molar refractivity (Wildman–Crippen MR) is 38.6 cm³/mol. The van der Waals surface area contributed by atoms with Gasteiger partial charge in [0.15, 0.2) is 0 Å². The summed E-state index contributed by atoms with van der Waals surface area (Å²) >= 11 is 0. The molecule has 0 saturated carbocycles. The van der Waals surface area contributed by atoms with Crippen LogP contribution in [0, 0.1) is 6.92 Å². The van der Waals surface area contributed by atoms with E-state index in [1.807, 2.05) is 0 Å². The van der Waals surface area contributed by atoms with Crippen molar-refractivity contribution in [2.45, 2.75) is 6.92 Å². The lowest BCUT2D eigenvalue weighted by Crippen LogP contribution is -2.22. The zero-order valence-electron chi connectivity index (χ0n) is 5.96. The van der Waals surface area contributed by atoms with E-state index in [0.29, 0.717) is 5.82 Å². The number of aryl methyl sites for hydroxylation is 1. The Bertz CT molecular complexity index is 302. The van der Waals surface area contributed by atoms with Crippen LogP contribution in [0.1, 0.15) is 5.82 Å². The molecule has 0 spiro atoms. The van der Waals surface area contributed by atoms with Gasteiger partial charge in [0.2, 0.25) is 0 Å². The van der Waals surface area contributed by atoms with Crippen molar-refractivity contribution in [1.29, 1.82) is 0 Å². The highest BCUT2D eigenvalue weighted by Crippen LogP contribution is 1.89. The molecular formula is C6H9N3O. The lowest BCUT2D eigenvalue weighted by atomic mass is 10.5. The van der Waals surface area contributed by atoms with Crippen LogP contribution in [-0.2, 0) is 7.05 Å². The number of nitrogens with zero attached hydrogens (tertiary/aromatic N) is 2. The van der Waals surface area contributed by atoms with Crippen LogP contribution in [0.4, 0.5) is 5.69 Å². The van der Waals surface area contributed by atoms with Crippen molar-refractivity contribution in [2.24, 2.45) is 7.05 Å². The standard InChI is InChI=1S/C6H9N3O/c1-4-8-3-5(7)6(10)9(4)2/h3H,7H2,1-2H3. The van der Waals surface area contributed by atoms with Crippen LogP contribution in [0.15, 0.2) is 11.0 Å². The molecule has 0 fully saturated rings. The van der Waals surface area contributed by atoms with Crippen molar-refractivity contribution in [3.63, 3.8) is 0 Å². The van der Waals surface area contributed by atoms with E-state index < -0.39 is 0 Å². The fraction of sp³-hybridized carbons (Fsp3) is 0.333. The van der Waals surface area contributed by atoms with Gasteiger partial charge in [-0.2, -0.15) is 0 Å². The Balaban J connectivity index is 3.50. The summed E-state index contributed by atoms with van der Waals surface area (Å²) in [5.41, 5.74) is 5.29. The number of nitrogen functional groups attached to an aromatic ring is 1. The smallest absolute Gasteiger partial charge is 0.276 e. The van der Waals surface area contributed by atoms with Crippen LogP contribution in [0.2, 0.25) is 0 Å². The van der Waals surface area contributed by atoms with Gasteiger partial charge in [-0.25, -0.2) is 4.98 Å². The third kappa shape index (κ3) is 0.877. The Morgan fingerprint density at radius 3 is 2.80 bits per heavy atom. The molecule has 0 amide bonds. The van der Waals surface area contributed by atoms with Crippen LogP contribution in [-0.4, -0.2) is 9.55 Å². The van der Waals surface area contributed by atoms with E-state index in [1.165, 1.54) is 10.8 Å². The molecule has 2 N–H and O–H groups in total. The molecule has 1 aromatic heterocycles. The normalized spacial score (nSPS) is 9.80. The van der Waals surface area contributed by atoms with E-state index in [-0.39, 0.29) is 11.2 Å². The van der Waals surface area contributed by atoms with Crippen molar-refractivity contribution in [1.82, 2.24) is 9.55 Å². The number of rotatable bonds is 0. The predicted octanol–water partition coefficient (Wildman–Crippen LogP) is -0.329. The highest BCUT2D eigenvalue weighted by atomic mass is 16.1. The Labute approximate surface area is 58.3 Å². The van der Waals surface area contributed by atoms with Crippen LogP contribution < -0.4 is 11.3 Å². The molecule has 0 aromatic carbocycles. The van der Waals surface area contributed by atoms with Gasteiger partial charge in [-0.15, -0.1) is 0 Å². The summed E-state index contributed by atoms with van der Waals surface area (Å²) in [7, 11) is 1.64. The second-order valence-electron chi connectivity index (χ2n) is 2.12. The van der Waals surface area contributed by atoms with Gasteiger partial charge >= 0.3 is 0 Å². The van der Waals surface area contributed by atoms with Crippen molar-refractivity contribution in [3.05, 3.63) is 22.4 Å². The molecule has 0 bridgehead atoms. The molecule has 54 valence electrons. The zero-order valence-corrected chi connectivity index (χ0v) is 5.96. The summed E-state index contributed by atoms with van der Waals surface area (Å²) in [6.07, 6.45) is 1.37. The quantitative estimate of drug-likeness (QED) is 0.535. The summed E-state index contributed by atoms with van der Waals surface area (Å²) in [5, 5.41) is 0. The largest absolute Gasteiger partial charge is 0.393 e. The van der Waals surface area contributed by atoms with E-state index in [0.717, 1.165) is 0 Å². The van der Waals surface area contributed by atoms with Crippen LogP contribution in [0.25, 0.3) is 0 Å². The zero-order chi connectivity index (χ0) is 7.72. The SMILES string of the molecule is Cc1ncc(N)c(=O)n1C. The van der Waals surface area contributed by atoms with E-state index >= 15 is 0 Å².